The van der Waals surface area contributed by atoms with Crippen LogP contribution in [0, 0.1) is 0 Å². The largest absolute Gasteiger partial charge is 0.378 e. The molecule has 0 saturated heterocycles. The van der Waals surface area contributed by atoms with Gasteiger partial charge in [0.05, 0.1) is 24.1 Å². The van der Waals surface area contributed by atoms with Crippen molar-refractivity contribution in [2.75, 3.05) is 10.2 Å². The molecule has 2 atom stereocenters. The van der Waals surface area contributed by atoms with Gasteiger partial charge in [-0.05, 0) is 49.2 Å². The number of aromatic nitrogens is 3. The van der Waals surface area contributed by atoms with Gasteiger partial charge < -0.3 is 10.2 Å². The lowest BCUT2D eigenvalue weighted by atomic mass is 9.91. The summed E-state index contributed by atoms with van der Waals surface area (Å²) in [7, 11) is 0. The van der Waals surface area contributed by atoms with Crippen molar-refractivity contribution in [3.8, 4) is 5.69 Å². The zero-order valence-electron chi connectivity index (χ0n) is 15.5. The molecule has 0 saturated carbocycles. The molecule has 0 spiro atoms. The lowest BCUT2D eigenvalue weighted by molar-refractivity contribution is -0.118. The zero-order chi connectivity index (χ0) is 18.8. The van der Waals surface area contributed by atoms with E-state index in [-0.39, 0.29) is 18.0 Å². The van der Waals surface area contributed by atoms with E-state index in [2.05, 4.69) is 28.6 Å². The average Bonchev–Trinajstić information content (AvgIpc) is 3.23. The molecule has 0 fully saturated rings. The third-order valence-corrected chi connectivity index (χ3v) is 5.06. The second kappa shape index (κ2) is 7.23. The van der Waals surface area contributed by atoms with Crippen molar-refractivity contribution in [1.82, 2.24) is 15.0 Å². The summed E-state index contributed by atoms with van der Waals surface area (Å²) in [6.07, 6.45) is 4.87. The first-order chi connectivity index (χ1) is 13.2. The summed E-state index contributed by atoms with van der Waals surface area (Å²) in [5.74, 6) is 0.172. The molecule has 0 bridgehead atoms. The van der Waals surface area contributed by atoms with Crippen molar-refractivity contribution in [3.05, 3.63) is 66.5 Å². The van der Waals surface area contributed by atoms with Crippen LogP contribution < -0.4 is 10.2 Å². The van der Waals surface area contributed by atoms with E-state index in [1.807, 2.05) is 60.5 Å². The molecule has 1 aliphatic rings. The van der Waals surface area contributed by atoms with Crippen LogP contribution >= 0.6 is 0 Å². The second-order valence-corrected chi connectivity index (χ2v) is 6.85. The van der Waals surface area contributed by atoms with Crippen LogP contribution in [0.3, 0.4) is 0 Å². The Hall–Kier alpha value is -3.15. The SMILES string of the molecule is CCC(=O)N1c2ccccc2[C@H](Nc2ccc(-n3ccnn3)cc2)C[C@@H]1C. The van der Waals surface area contributed by atoms with E-state index in [1.54, 1.807) is 10.9 Å². The number of benzene rings is 2. The van der Waals surface area contributed by atoms with Gasteiger partial charge in [-0.3, -0.25) is 4.79 Å². The minimum atomic E-state index is 0.152. The molecule has 1 amide bonds. The monoisotopic (exact) mass is 361 g/mol. The Morgan fingerprint density at radius 1 is 1.19 bits per heavy atom. The smallest absolute Gasteiger partial charge is 0.226 e. The number of carbonyl (C=O) groups is 1. The van der Waals surface area contributed by atoms with Crippen LogP contribution in [0.15, 0.2) is 60.9 Å². The topological polar surface area (TPSA) is 63.1 Å². The first-order valence-corrected chi connectivity index (χ1v) is 9.31. The number of nitrogens with zero attached hydrogens (tertiary/aromatic N) is 4. The third-order valence-electron chi connectivity index (χ3n) is 5.06. The molecular weight excluding hydrogens is 338 g/mol. The molecule has 0 radical (unpaired) electrons. The lowest BCUT2D eigenvalue weighted by Crippen LogP contribution is -2.44. The van der Waals surface area contributed by atoms with Gasteiger partial charge in [0.1, 0.15) is 0 Å². The molecule has 3 aromatic rings. The van der Waals surface area contributed by atoms with E-state index in [0.29, 0.717) is 6.42 Å². The van der Waals surface area contributed by atoms with E-state index in [4.69, 9.17) is 0 Å². The van der Waals surface area contributed by atoms with Gasteiger partial charge >= 0.3 is 0 Å². The van der Waals surface area contributed by atoms with Crippen molar-refractivity contribution in [2.24, 2.45) is 0 Å². The molecule has 6 heteroatoms. The van der Waals surface area contributed by atoms with Gasteiger partial charge in [-0.2, -0.15) is 0 Å². The highest BCUT2D eigenvalue weighted by Gasteiger charge is 2.32. The van der Waals surface area contributed by atoms with Gasteiger partial charge in [0.2, 0.25) is 5.91 Å². The van der Waals surface area contributed by atoms with E-state index in [9.17, 15) is 4.79 Å². The lowest BCUT2D eigenvalue weighted by Gasteiger charge is -2.40. The average molecular weight is 361 g/mol. The van der Waals surface area contributed by atoms with E-state index in [1.165, 1.54) is 0 Å². The molecular formula is C21H23N5O. The van der Waals surface area contributed by atoms with Gasteiger partial charge in [0.15, 0.2) is 0 Å². The standard InChI is InChI=1S/C21H23N5O/c1-3-21(27)26-15(2)14-19(18-6-4-5-7-20(18)26)23-16-8-10-17(11-9-16)25-13-12-22-24-25/h4-13,15,19,23H,3,14H2,1-2H3/t15-,19+/m0/s1. The second-order valence-electron chi connectivity index (χ2n) is 6.85. The molecule has 1 aromatic heterocycles. The fraction of sp³-hybridized carbons (Fsp3) is 0.286. The summed E-state index contributed by atoms with van der Waals surface area (Å²) in [5, 5.41) is 11.5. The number of hydrogen-bond donors (Lipinski definition) is 1. The Labute approximate surface area is 158 Å². The summed E-state index contributed by atoms with van der Waals surface area (Å²) >= 11 is 0. The highest BCUT2D eigenvalue weighted by atomic mass is 16.2. The summed E-state index contributed by atoms with van der Waals surface area (Å²) < 4.78 is 1.73. The predicted molar refractivity (Wildman–Crippen MR) is 106 cm³/mol. The van der Waals surface area contributed by atoms with Crippen LogP contribution in [0.4, 0.5) is 11.4 Å². The van der Waals surface area contributed by atoms with Crippen LogP contribution in [0.25, 0.3) is 5.69 Å². The summed E-state index contributed by atoms with van der Waals surface area (Å²) in [5.41, 5.74) is 4.19. The van der Waals surface area contributed by atoms with Crippen molar-refractivity contribution in [3.63, 3.8) is 0 Å². The Kier molecular flexibility index (Phi) is 4.62. The van der Waals surface area contributed by atoms with Crippen LogP contribution in [0.1, 0.15) is 38.3 Å². The number of fused-ring (bicyclic) bond motifs is 1. The van der Waals surface area contributed by atoms with Gasteiger partial charge in [-0.25, -0.2) is 4.68 Å². The highest BCUT2D eigenvalue weighted by molar-refractivity contribution is 5.95. The maximum Gasteiger partial charge on any atom is 0.226 e. The molecule has 6 nitrogen and oxygen atoms in total. The molecule has 0 unspecified atom stereocenters. The number of hydrogen-bond acceptors (Lipinski definition) is 4. The van der Waals surface area contributed by atoms with Crippen molar-refractivity contribution in [2.45, 2.75) is 38.8 Å². The molecule has 2 heterocycles. The molecule has 2 aromatic carbocycles. The van der Waals surface area contributed by atoms with Gasteiger partial charge in [-0.15, -0.1) is 5.10 Å². The third kappa shape index (κ3) is 3.30. The van der Waals surface area contributed by atoms with Crippen LogP contribution in [-0.2, 0) is 4.79 Å². The minimum absolute atomic E-state index is 0.152. The number of rotatable bonds is 4. The van der Waals surface area contributed by atoms with E-state index in [0.717, 1.165) is 29.0 Å². The van der Waals surface area contributed by atoms with Crippen molar-refractivity contribution < 1.29 is 4.79 Å². The van der Waals surface area contributed by atoms with Crippen LogP contribution in [0.5, 0.6) is 0 Å². The molecule has 1 N–H and O–H groups in total. The summed E-state index contributed by atoms with van der Waals surface area (Å²) in [4.78, 5) is 14.4. The van der Waals surface area contributed by atoms with Crippen molar-refractivity contribution >= 4 is 17.3 Å². The number of carbonyl (C=O) groups excluding carboxylic acids is 1. The first kappa shape index (κ1) is 17.3. The van der Waals surface area contributed by atoms with Crippen LogP contribution in [0.2, 0.25) is 0 Å². The minimum Gasteiger partial charge on any atom is -0.378 e. The summed E-state index contributed by atoms with van der Waals surface area (Å²) in [6.45, 7) is 4.03. The molecule has 27 heavy (non-hydrogen) atoms. The molecule has 4 rings (SSSR count). The number of nitrogens with one attached hydrogen (secondary N) is 1. The first-order valence-electron chi connectivity index (χ1n) is 9.31. The molecule has 138 valence electrons. The van der Waals surface area contributed by atoms with Gasteiger partial charge in [-0.1, -0.05) is 30.3 Å². The quantitative estimate of drug-likeness (QED) is 0.764. The number of amides is 1. The Bertz CT molecular complexity index is 920. The predicted octanol–water partition coefficient (Wildman–Crippen LogP) is 3.96. The van der Waals surface area contributed by atoms with E-state index >= 15 is 0 Å². The van der Waals surface area contributed by atoms with E-state index < -0.39 is 0 Å². The fourth-order valence-corrected chi connectivity index (χ4v) is 3.76. The number of anilines is 2. The highest BCUT2D eigenvalue weighted by Crippen LogP contribution is 2.39. The Balaban J connectivity index is 1.59. The number of para-hydroxylation sites is 1. The normalized spacial score (nSPS) is 18.8. The van der Waals surface area contributed by atoms with Crippen molar-refractivity contribution in [1.29, 1.82) is 0 Å². The maximum absolute atomic E-state index is 12.4. The summed E-state index contributed by atoms with van der Waals surface area (Å²) in [6, 6.07) is 16.6. The maximum atomic E-state index is 12.4. The zero-order valence-corrected chi connectivity index (χ0v) is 15.5. The molecule has 1 aliphatic heterocycles. The molecule has 0 aliphatic carbocycles. The van der Waals surface area contributed by atoms with Gasteiger partial charge in [0, 0.05) is 23.8 Å². The fourth-order valence-electron chi connectivity index (χ4n) is 3.76. The van der Waals surface area contributed by atoms with Gasteiger partial charge in [0.25, 0.3) is 0 Å². The Morgan fingerprint density at radius 3 is 2.67 bits per heavy atom. The Morgan fingerprint density at radius 2 is 1.96 bits per heavy atom. The van der Waals surface area contributed by atoms with Crippen LogP contribution in [-0.4, -0.2) is 26.9 Å².